The lowest BCUT2D eigenvalue weighted by molar-refractivity contribution is -0.132. The molecule has 0 aliphatic rings. The fraction of sp³-hybridized carbons (Fsp3) is 0.188. The van der Waals surface area contributed by atoms with E-state index in [4.69, 9.17) is 5.11 Å². The number of rotatable bonds is 6. The van der Waals surface area contributed by atoms with Gasteiger partial charge in [-0.2, -0.15) is 0 Å². The summed E-state index contributed by atoms with van der Waals surface area (Å²) < 4.78 is 23.1. The van der Waals surface area contributed by atoms with Crippen molar-refractivity contribution in [1.29, 1.82) is 0 Å². The number of carbonyl (C=O) groups is 1. The molecule has 1 aromatic carbocycles. The van der Waals surface area contributed by atoms with Gasteiger partial charge in [-0.3, -0.25) is 0 Å². The van der Waals surface area contributed by atoms with Crippen molar-refractivity contribution in [2.75, 3.05) is 12.9 Å². The number of hydrogen-bond acceptors (Lipinski definition) is 5. The summed E-state index contributed by atoms with van der Waals surface area (Å²) in [5.74, 6) is -1.10. The van der Waals surface area contributed by atoms with Gasteiger partial charge < -0.3 is 10.2 Å². The third-order valence-corrected chi connectivity index (χ3v) is 5.28. The molecule has 0 unspecified atom stereocenters. The van der Waals surface area contributed by atoms with Crippen molar-refractivity contribution in [2.24, 2.45) is 0 Å². The summed E-state index contributed by atoms with van der Waals surface area (Å²) >= 11 is 1.39. The molecule has 0 saturated heterocycles. The molecule has 0 spiro atoms. The van der Waals surface area contributed by atoms with Gasteiger partial charge in [0.25, 0.3) is 0 Å². The second-order valence-electron chi connectivity index (χ2n) is 4.91. The van der Waals surface area contributed by atoms with E-state index in [-0.39, 0.29) is 23.5 Å². The first-order valence-electron chi connectivity index (χ1n) is 6.76. The summed E-state index contributed by atoms with van der Waals surface area (Å²) in [4.78, 5) is 12.5. The minimum Gasteiger partial charge on any atom is -0.478 e. The molecule has 0 aliphatic carbocycles. The first-order chi connectivity index (χ1) is 10.8. The standard InChI is InChI=1S/C16H16O5S2/c1-23(20,21)12-6-4-11(5-7-12)15(14-3-2-10-22-14)13(8-9-17)16(18)19/h2-7,10,17H,8-9H2,1H3,(H,18,19). The Bertz CT molecular complexity index is 816. The third kappa shape index (κ3) is 4.07. The van der Waals surface area contributed by atoms with Gasteiger partial charge in [0.1, 0.15) is 0 Å². The number of carboxylic acid groups (broad SMARTS) is 1. The molecule has 1 heterocycles. The molecule has 0 radical (unpaired) electrons. The normalized spacial score (nSPS) is 12.8. The molecule has 0 amide bonds. The van der Waals surface area contributed by atoms with E-state index >= 15 is 0 Å². The number of sulfone groups is 1. The Morgan fingerprint density at radius 3 is 2.26 bits per heavy atom. The maximum absolute atomic E-state index is 11.6. The van der Waals surface area contributed by atoms with Crippen molar-refractivity contribution >= 4 is 32.7 Å². The van der Waals surface area contributed by atoms with E-state index in [1.54, 1.807) is 18.2 Å². The molecule has 5 nitrogen and oxygen atoms in total. The largest absolute Gasteiger partial charge is 0.478 e. The van der Waals surface area contributed by atoms with E-state index in [1.807, 2.05) is 11.4 Å². The topological polar surface area (TPSA) is 91.7 Å². The maximum Gasteiger partial charge on any atom is 0.332 e. The van der Waals surface area contributed by atoms with Crippen LogP contribution in [0.1, 0.15) is 16.9 Å². The predicted molar refractivity (Wildman–Crippen MR) is 89.2 cm³/mol. The van der Waals surface area contributed by atoms with Crippen LogP contribution in [-0.4, -0.2) is 37.5 Å². The first-order valence-corrected chi connectivity index (χ1v) is 9.53. The maximum atomic E-state index is 11.6. The van der Waals surface area contributed by atoms with Crippen LogP contribution in [0.2, 0.25) is 0 Å². The van der Waals surface area contributed by atoms with Gasteiger partial charge in [-0.05, 0) is 29.1 Å². The van der Waals surface area contributed by atoms with Crippen LogP contribution in [0.25, 0.3) is 5.57 Å². The Morgan fingerprint density at radius 2 is 1.83 bits per heavy atom. The number of benzene rings is 1. The highest BCUT2D eigenvalue weighted by Crippen LogP contribution is 2.32. The Morgan fingerprint density at radius 1 is 1.17 bits per heavy atom. The third-order valence-electron chi connectivity index (χ3n) is 3.26. The minimum absolute atomic E-state index is 0.0103. The second kappa shape index (κ2) is 7.08. The highest BCUT2D eigenvalue weighted by molar-refractivity contribution is 7.90. The minimum atomic E-state index is -3.32. The SMILES string of the molecule is CS(=O)(=O)c1ccc(C(=C(CCO)C(=O)O)c2cccs2)cc1. The van der Waals surface area contributed by atoms with Gasteiger partial charge >= 0.3 is 5.97 Å². The molecule has 2 rings (SSSR count). The van der Waals surface area contributed by atoms with Crippen LogP contribution in [0, 0.1) is 0 Å². The molecule has 1 aromatic heterocycles. The summed E-state index contributed by atoms with van der Waals surface area (Å²) in [5, 5.41) is 20.4. The fourth-order valence-electron chi connectivity index (χ4n) is 2.21. The molecule has 122 valence electrons. The number of aliphatic hydroxyl groups excluding tert-OH is 1. The average molecular weight is 352 g/mol. The molecule has 0 bridgehead atoms. The summed E-state index contributed by atoms with van der Waals surface area (Å²) in [6, 6.07) is 9.69. The molecule has 0 saturated carbocycles. The zero-order valence-corrected chi connectivity index (χ0v) is 14.0. The molecule has 0 atom stereocenters. The molecular weight excluding hydrogens is 336 g/mol. The molecule has 23 heavy (non-hydrogen) atoms. The van der Waals surface area contributed by atoms with Crippen LogP contribution in [-0.2, 0) is 14.6 Å². The van der Waals surface area contributed by atoms with Crippen molar-refractivity contribution in [3.63, 3.8) is 0 Å². The second-order valence-corrected chi connectivity index (χ2v) is 7.87. The van der Waals surface area contributed by atoms with E-state index in [9.17, 15) is 18.3 Å². The average Bonchev–Trinajstić information content (AvgIpc) is 3.00. The van der Waals surface area contributed by atoms with Gasteiger partial charge in [0.15, 0.2) is 9.84 Å². The smallest absolute Gasteiger partial charge is 0.332 e. The van der Waals surface area contributed by atoms with Gasteiger partial charge in [0.05, 0.1) is 4.90 Å². The zero-order chi connectivity index (χ0) is 17.0. The van der Waals surface area contributed by atoms with Gasteiger partial charge in [0, 0.05) is 35.3 Å². The highest BCUT2D eigenvalue weighted by atomic mass is 32.2. The summed E-state index contributed by atoms with van der Waals surface area (Å²) in [6.45, 7) is -0.280. The molecule has 2 N–H and O–H groups in total. The predicted octanol–water partition coefficient (Wildman–Crippen LogP) is 2.42. The Kier molecular flexibility index (Phi) is 5.35. The summed E-state index contributed by atoms with van der Waals surface area (Å²) in [6.07, 6.45) is 1.13. The van der Waals surface area contributed by atoms with E-state index in [1.165, 1.54) is 23.5 Å². The van der Waals surface area contributed by atoms with Crippen LogP contribution in [0.3, 0.4) is 0 Å². The van der Waals surface area contributed by atoms with Crippen molar-refractivity contribution in [1.82, 2.24) is 0 Å². The number of carboxylic acids is 1. The number of aliphatic hydroxyl groups is 1. The summed E-state index contributed by atoms with van der Waals surface area (Å²) in [5.41, 5.74) is 1.20. The van der Waals surface area contributed by atoms with Crippen LogP contribution in [0.5, 0.6) is 0 Å². The van der Waals surface area contributed by atoms with Gasteiger partial charge in [-0.15, -0.1) is 11.3 Å². The van der Waals surface area contributed by atoms with E-state index in [0.29, 0.717) is 11.1 Å². The van der Waals surface area contributed by atoms with Crippen molar-refractivity contribution in [3.8, 4) is 0 Å². The van der Waals surface area contributed by atoms with Crippen LogP contribution in [0.4, 0.5) is 0 Å². The number of aliphatic carboxylic acids is 1. The lowest BCUT2D eigenvalue weighted by Crippen LogP contribution is -2.07. The van der Waals surface area contributed by atoms with Gasteiger partial charge in [0.2, 0.25) is 0 Å². The Labute approximate surface area is 138 Å². The molecule has 7 heteroatoms. The number of thiophene rings is 1. The van der Waals surface area contributed by atoms with Gasteiger partial charge in [-0.1, -0.05) is 18.2 Å². The first kappa shape index (κ1) is 17.4. The van der Waals surface area contributed by atoms with Crippen molar-refractivity contribution in [3.05, 3.63) is 57.8 Å². The molecule has 0 fully saturated rings. The molecule has 0 aliphatic heterocycles. The lowest BCUT2D eigenvalue weighted by atomic mass is 9.96. The van der Waals surface area contributed by atoms with Gasteiger partial charge in [-0.25, -0.2) is 13.2 Å². The van der Waals surface area contributed by atoms with E-state index in [0.717, 1.165) is 11.1 Å². The monoisotopic (exact) mass is 352 g/mol. The summed E-state index contributed by atoms with van der Waals surface area (Å²) in [7, 11) is -3.32. The van der Waals surface area contributed by atoms with Crippen LogP contribution in [0.15, 0.2) is 52.2 Å². The fourth-order valence-corrected chi connectivity index (χ4v) is 3.66. The Balaban J connectivity index is 2.64. The number of hydrogen-bond donors (Lipinski definition) is 2. The highest BCUT2D eigenvalue weighted by Gasteiger charge is 2.19. The van der Waals surface area contributed by atoms with E-state index < -0.39 is 15.8 Å². The van der Waals surface area contributed by atoms with Crippen molar-refractivity contribution < 1.29 is 23.4 Å². The zero-order valence-electron chi connectivity index (χ0n) is 12.4. The quantitative estimate of drug-likeness (QED) is 0.779. The van der Waals surface area contributed by atoms with Crippen LogP contribution >= 0.6 is 11.3 Å². The van der Waals surface area contributed by atoms with Crippen molar-refractivity contribution in [2.45, 2.75) is 11.3 Å². The Hall–Kier alpha value is -1.96. The van der Waals surface area contributed by atoms with E-state index in [2.05, 4.69) is 0 Å². The molecular formula is C16H16O5S2. The van der Waals surface area contributed by atoms with Crippen LogP contribution < -0.4 is 0 Å². The lowest BCUT2D eigenvalue weighted by Gasteiger charge is -2.12. The molecule has 2 aromatic rings.